The summed E-state index contributed by atoms with van der Waals surface area (Å²) in [7, 11) is 2.56. The molecule has 0 aliphatic carbocycles. The van der Waals surface area contributed by atoms with Gasteiger partial charge >= 0.3 is 12.1 Å². The van der Waals surface area contributed by atoms with Gasteiger partial charge in [-0.15, -0.1) is 0 Å². The minimum absolute atomic E-state index is 0.0273. The van der Waals surface area contributed by atoms with Gasteiger partial charge in [0.25, 0.3) is 0 Å². The lowest BCUT2D eigenvalue weighted by Crippen LogP contribution is -2.41. The van der Waals surface area contributed by atoms with Crippen LogP contribution < -0.4 is 19.3 Å². The number of amides is 2. The van der Waals surface area contributed by atoms with Crippen LogP contribution in [0.2, 0.25) is 0 Å². The van der Waals surface area contributed by atoms with Gasteiger partial charge in [0.15, 0.2) is 11.5 Å². The molecule has 0 saturated carbocycles. The predicted octanol–water partition coefficient (Wildman–Crippen LogP) is 5.39. The Bertz CT molecular complexity index is 1340. The van der Waals surface area contributed by atoms with Crippen LogP contribution in [-0.4, -0.2) is 43.4 Å². The maximum absolute atomic E-state index is 13.5. The molecule has 0 spiro atoms. The van der Waals surface area contributed by atoms with Gasteiger partial charge in [0.1, 0.15) is 5.75 Å². The third kappa shape index (κ3) is 5.25. The number of benzene rings is 3. The van der Waals surface area contributed by atoms with Gasteiger partial charge in [-0.3, -0.25) is 9.59 Å². The summed E-state index contributed by atoms with van der Waals surface area (Å²) in [5.74, 6) is -1.20. The van der Waals surface area contributed by atoms with Crippen molar-refractivity contribution < 1.29 is 37.3 Å². The number of aromatic hydroxyl groups is 1. The van der Waals surface area contributed by atoms with Crippen LogP contribution in [0.5, 0.6) is 17.2 Å². The minimum Gasteiger partial charge on any atom is -0.508 e. The Morgan fingerprint density at radius 2 is 1.68 bits per heavy atom. The highest BCUT2D eigenvalue weighted by Crippen LogP contribution is 2.44. The van der Waals surface area contributed by atoms with Gasteiger partial charge in [-0.2, -0.15) is 13.2 Å². The molecule has 10 heteroatoms. The first-order valence-electron chi connectivity index (χ1n) is 11.8. The quantitative estimate of drug-likeness (QED) is 0.464. The average molecular weight is 529 g/mol. The van der Waals surface area contributed by atoms with E-state index < -0.39 is 18.1 Å². The van der Waals surface area contributed by atoms with Crippen molar-refractivity contribution in [1.29, 1.82) is 0 Å². The molecule has 0 saturated heterocycles. The van der Waals surface area contributed by atoms with Gasteiger partial charge in [-0.1, -0.05) is 12.1 Å². The summed E-state index contributed by atoms with van der Waals surface area (Å²) in [6, 6.07) is 15.1. The van der Waals surface area contributed by atoms with Crippen molar-refractivity contribution in [3.05, 3.63) is 77.4 Å². The normalized spacial score (nSPS) is 15.3. The van der Waals surface area contributed by atoms with Crippen LogP contribution in [0.1, 0.15) is 36.6 Å². The minimum atomic E-state index is -5.01. The first-order chi connectivity index (χ1) is 17.9. The Morgan fingerprint density at radius 3 is 2.24 bits per heavy atom. The number of carbonyl (C=O) groups excluding carboxylic acids is 2. The molecule has 3 aromatic rings. The maximum atomic E-state index is 13.5. The van der Waals surface area contributed by atoms with Crippen molar-refractivity contribution >= 4 is 23.2 Å². The van der Waals surface area contributed by atoms with E-state index in [1.165, 1.54) is 43.5 Å². The second-order valence-corrected chi connectivity index (χ2v) is 9.18. The third-order valence-electron chi connectivity index (χ3n) is 6.22. The number of carbonyl (C=O) groups is 2. The number of hydrogen-bond acceptors (Lipinski definition) is 5. The van der Waals surface area contributed by atoms with Crippen LogP contribution >= 0.6 is 0 Å². The van der Waals surface area contributed by atoms with Crippen LogP contribution in [0.3, 0.4) is 0 Å². The fourth-order valence-corrected chi connectivity index (χ4v) is 4.48. The van der Waals surface area contributed by atoms with Crippen molar-refractivity contribution in [2.45, 2.75) is 38.6 Å². The van der Waals surface area contributed by atoms with Gasteiger partial charge in [-0.25, -0.2) is 0 Å². The molecule has 38 heavy (non-hydrogen) atoms. The highest BCUT2D eigenvalue weighted by molar-refractivity contribution is 6.00. The molecule has 1 atom stereocenters. The Kier molecular flexibility index (Phi) is 7.26. The van der Waals surface area contributed by atoms with E-state index in [0.717, 1.165) is 18.2 Å². The number of hydrogen-bond donors (Lipinski definition) is 1. The van der Waals surface area contributed by atoms with Crippen molar-refractivity contribution in [1.82, 2.24) is 0 Å². The largest absolute Gasteiger partial charge is 0.508 e. The Morgan fingerprint density at radius 1 is 1.05 bits per heavy atom. The van der Waals surface area contributed by atoms with Gasteiger partial charge < -0.3 is 24.4 Å². The van der Waals surface area contributed by atoms with Crippen LogP contribution in [0, 0.1) is 0 Å². The molecule has 0 bridgehead atoms. The number of fused-ring (bicyclic) bond motifs is 1. The molecule has 0 aromatic heterocycles. The van der Waals surface area contributed by atoms with Crippen molar-refractivity contribution in [3.63, 3.8) is 0 Å². The van der Waals surface area contributed by atoms with E-state index in [0.29, 0.717) is 27.6 Å². The maximum Gasteiger partial charge on any atom is 0.471 e. The zero-order chi connectivity index (χ0) is 27.8. The van der Waals surface area contributed by atoms with Crippen molar-refractivity contribution in [2.24, 2.45) is 0 Å². The van der Waals surface area contributed by atoms with Crippen LogP contribution in [0.15, 0.2) is 60.7 Å². The number of methoxy groups -OCH3 is 1. The van der Waals surface area contributed by atoms with Crippen molar-refractivity contribution in [2.75, 3.05) is 24.0 Å². The fraction of sp³-hybridized carbons (Fsp3) is 0.286. The number of halogens is 3. The monoisotopic (exact) mass is 528 g/mol. The van der Waals surface area contributed by atoms with E-state index in [4.69, 9.17) is 9.47 Å². The van der Waals surface area contributed by atoms with Gasteiger partial charge in [0, 0.05) is 18.4 Å². The highest BCUT2D eigenvalue weighted by atomic mass is 19.4. The number of phenols is 1. The first kappa shape index (κ1) is 26.8. The number of alkyl halides is 3. The van der Waals surface area contributed by atoms with E-state index in [2.05, 4.69) is 0 Å². The lowest BCUT2D eigenvalue weighted by atomic mass is 9.86. The van der Waals surface area contributed by atoms with Crippen LogP contribution in [-0.2, 0) is 16.0 Å². The second-order valence-electron chi connectivity index (χ2n) is 9.18. The number of rotatable bonds is 6. The molecule has 1 N–H and O–H groups in total. The molecule has 200 valence electrons. The molecular formula is C28H27F3N2O5. The van der Waals surface area contributed by atoms with Crippen LogP contribution in [0.25, 0.3) is 0 Å². The standard InChI is InChI=1S/C28H27F3N2O5/c1-16(2)38-24-15-22-18(13-23(24)37-4)14-25(35)33(26(22)17-5-11-21(34)12-6-17)20-9-7-19(8-10-20)32(3)27(36)28(29,30)31/h5-13,15-16,26,34H,14H2,1-4H3. The molecule has 7 nitrogen and oxygen atoms in total. The third-order valence-corrected chi connectivity index (χ3v) is 6.22. The first-order valence-corrected chi connectivity index (χ1v) is 11.8. The van der Waals surface area contributed by atoms with Gasteiger partial charge in [0.2, 0.25) is 5.91 Å². The molecule has 3 aromatic carbocycles. The Labute approximate surface area is 218 Å². The molecule has 1 aliphatic rings. The SMILES string of the molecule is COc1cc2c(cc1OC(C)C)C(c1ccc(O)cc1)N(c1ccc(N(C)C(=O)C(F)(F)F)cc1)C(=O)C2. The average Bonchev–Trinajstić information content (AvgIpc) is 2.87. The summed E-state index contributed by atoms with van der Waals surface area (Å²) in [5, 5.41) is 9.85. The molecule has 0 fully saturated rings. The smallest absolute Gasteiger partial charge is 0.471 e. The second kappa shape index (κ2) is 10.3. The summed E-state index contributed by atoms with van der Waals surface area (Å²) in [6.45, 7) is 3.77. The predicted molar refractivity (Wildman–Crippen MR) is 136 cm³/mol. The number of ether oxygens (including phenoxy) is 2. The van der Waals surface area contributed by atoms with Gasteiger partial charge in [-0.05, 0) is 79.1 Å². The number of phenolic OH excluding ortho intramolecular Hbond substituents is 1. The summed E-state index contributed by atoms with van der Waals surface area (Å²) in [6.07, 6.45) is -5.10. The van der Waals surface area contributed by atoms with Crippen molar-refractivity contribution in [3.8, 4) is 17.2 Å². The summed E-state index contributed by atoms with van der Waals surface area (Å²) < 4.78 is 50.2. The highest BCUT2D eigenvalue weighted by Gasteiger charge is 2.42. The van der Waals surface area contributed by atoms with E-state index in [-0.39, 0.29) is 29.9 Å². The zero-order valence-electron chi connectivity index (χ0n) is 21.2. The van der Waals surface area contributed by atoms with Crippen LogP contribution in [0.4, 0.5) is 24.5 Å². The van der Waals surface area contributed by atoms with E-state index in [1.807, 2.05) is 19.9 Å². The molecule has 4 rings (SSSR count). The molecule has 1 heterocycles. The summed E-state index contributed by atoms with van der Waals surface area (Å²) in [4.78, 5) is 27.2. The number of anilines is 2. The van der Waals surface area contributed by atoms with Gasteiger partial charge in [0.05, 0.1) is 25.7 Å². The Hall–Kier alpha value is -4.21. The lowest BCUT2D eigenvalue weighted by molar-refractivity contribution is -0.170. The molecule has 0 radical (unpaired) electrons. The lowest BCUT2D eigenvalue weighted by Gasteiger charge is -2.38. The van der Waals surface area contributed by atoms with E-state index >= 15 is 0 Å². The Balaban J connectivity index is 1.82. The molecule has 1 unspecified atom stereocenters. The fourth-order valence-electron chi connectivity index (χ4n) is 4.48. The molecular weight excluding hydrogens is 501 g/mol. The van der Waals surface area contributed by atoms with E-state index in [9.17, 15) is 27.9 Å². The number of nitrogens with zero attached hydrogens (tertiary/aromatic N) is 2. The topological polar surface area (TPSA) is 79.3 Å². The summed E-state index contributed by atoms with van der Waals surface area (Å²) >= 11 is 0. The molecule has 1 aliphatic heterocycles. The summed E-state index contributed by atoms with van der Waals surface area (Å²) in [5.41, 5.74) is 2.67. The zero-order valence-corrected chi connectivity index (χ0v) is 21.2. The van der Waals surface area contributed by atoms with E-state index in [1.54, 1.807) is 23.1 Å². The molecule has 2 amide bonds.